The zero-order chi connectivity index (χ0) is 17.6. The Hall–Kier alpha value is -1.89. The van der Waals surface area contributed by atoms with Crippen molar-refractivity contribution < 1.29 is 4.74 Å². The van der Waals surface area contributed by atoms with Crippen molar-refractivity contribution in [1.82, 2.24) is 19.7 Å². The molecule has 130 valence electrons. The Kier molecular flexibility index (Phi) is 4.27. The first-order valence-electron chi connectivity index (χ1n) is 8.07. The second-order valence-corrected chi connectivity index (χ2v) is 7.07. The van der Waals surface area contributed by atoms with E-state index in [9.17, 15) is 0 Å². The lowest BCUT2D eigenvalue weighted by Gasteiger charge is -2.36. The molecule has 1 saturated heterocycles. The van der Waals surface area contributed by atoms with E-state index in [1.165, 1.54) is 0 Å². The molecule has 1 aliphatic rings. The summed E-state index contributed by atoms with van der Waals surface area (Å²) >= 11 is 12.1. The van der Waals surface area contributed by atoms with Crippen LogP contribution in [0.4, 0.5) is 5.82 Å². The highest BCUT2D eigenvalue weighted by molar-refractivity contribution is 6.42. The molecule has 8 heteroatoms. The Balaban J connectivity index is 1.79. The predicted octanol–water partition coefficient (Wildman–Crippen LogP) is 3.74. The van der Waals surface area contributed by atoms with E-state index < -0.39 is 0 Å². The zero-order valence-electron chi connectivity index (χ0n) is 13.9. The highest BCUT2D eigenvalue weighted by Gasteiger charge is 2.25. The lowest BCUT2D eigenvalue weighted by atomic mass is 10.2. The van der Waals surface area contributed by atoms with Crippen LogP contribution in [0.3, 0.4) is 0 Å². The maximum atomic E-state index is 6.14. The van der Waals surface area contributed by atoms with Gasteiger partial charge in [-0.3, -0.25) is 0 Å². The molecule has 1 aliphatic heterocycles. The molecule has 3 aromatic rings. The van der Waals surface area contributed by atoms with Crippen LogP contribution < -0.4 is 4.90 Å². The summed E-state index contributed by atoms with van der Waals surface area (Å²) in [6.07, 6.45) is 3.66. The molecule has 2 aromatic heterocycles. The lowest BCUT2D eigenvalue weighted by Crippen LogP contribution is -2.45. The molecule has 4 rings (SSSR count). The van der Waals surface area contributed by atoms with E-state index in [0.717, 1.165) is 35.6 Å². The number of halogens is 2. The van der Waals surface area contributed by atoms with Gasteiger partial charge in [-0.05, 0) is 32.0 Å². The van der Waals surface area contributed by atoms with Gasteiger partial charge < -0.3 is 9.64 Å². The first-order chi connectivity index (χ1) is 12.0. The lowest BCUT2D eigenvalue weighted by molar-refractivity contribution is -0.00537. The summed E-state index contributed by atoms with van der Waals surface area (Å²) in [5, 5.41) is 6.37. The molecular formula is C17H17Cl2N5O. The summed E-state index contributed by atoms with van der Waals surface area (Å²) < 4.78 is 7.56. The summed E-state index contributed by atoms with van der Waals surface area (Å²) in [6.45, 7) is 5.71. The van der Waals surface area contributed by atoms with E-state index in [1.54, 1.807) is 29.3 Å². The van der Waals surface area contributed by atoms with Crippen molar-refractivity contribution in [2.24, 2.45) is 0 Å². The summed E-state index contributed by atoms with van der Waals surface area (Å²) in [5.74, 6) is 0.873. The smallest absolute Gasteiger partial charge is 0.168 e. The SMILES string of the molecule is C[C@@H]1CN(c2ncnc3c2cnn3-c2ccc(Cl)c(Cl)c2)C[C@@H](C)O1. The molecule has 25 heavy (non-hydrogen) atoms. The molecular weight excluding hydrogens is 361 g/mol. The number of fused-ring (bicyclic) bond motifs is 1. The van der Waals surface area contributed by atoms with Crippen molar-refractivity contribution in [2.45, 2.75) is 26.1 Å². The van der Waals surface area contributed by atoms with Gasteiger partial charge in [0, 0.05) is 13.1 Å². The third-order valence-electron chi connectivity index (χ3n) is 4.21. The second-order valence-electron chi connectivity index (χ2n) is 6.25. The fraction of sp³-hybridized carbons (Fsp3) is 0.353. The van der Waals surface area contributed by atoms with Crippen molar-refractivity contribution in [2.75, 3.05) is 18.0 Å². The molecule has 0 bridgehead atoms. The molecule has 0 N–H and O–H groups in total. The van der Waals surface area contributed by atoms with E-state index in [4.69, 9.17) is 27.9 Å². The fourth-order valence-electron chi connectivity index (χ4n) is 3.24. The number of benzene rings is 1. The first kappa shape index (κ1) is 16.6. The standard InChI is InChI=1S/C17H17Cl2N5O/c1-10-7-23(8-11(2)25-10)16-13-6-22-24(17(13)21-9-20-16)12-3-4-14(18)15(19)5-12/h3-6,9-11H,7-8H2,1-2H3/t10-,11-/m1/s1. The van der Waals surface area contributed by atoms with E-state index in [2.05, 4.69) is 33.8 Å². The zero-order valence-corrected chi connectivity index (χ0v) is 15.4. The molecule has 2 atom stereocenters. The normalized spacial score (nSPS) is 21.0. The molecule has 0 radical (unpaired) electrons. The Morgan fingerprint density at radius 3 is 2.56 bits per heavy atom. The highest BCUT2D eigenvalue weighted by atomic mass is 35.5. The first-order valence-corrected chi connectivity index (χ1v) is 8.83. The minimum absolute atomic E-state index is 0.152. The molecule has 6 nitrogen and oxygen atoms in total. The van der Waals surface area contributed by atoms with Gasteiger partial charge in [0.2, 0.25) is 0 Å². The van der Waals surface area contributed by atoms with Crippen LogP contribution >= 0.6 is 23.2 Å². The van der Waals surface area contributed by atoms with Gasteiger partial charge in [0.05, 0.1) is 39.5 Å². The summed E-state index contributed by atoms with van der Waals surface area (Å²) in [5.41, 5.74) is 1.54. The molecule has 0 amide bonds. The van der Waals surface area contributed by atoms with E-state index >= 15 is 0 Å². The van der Waals surface area contributed by atoms with Gasteiger partial charge in [-0.15, -0.1) is 0 Å². The van der Waals surface area contributed by atoms with Gasteiger partial charge in [0.15, 0.2) is 5.65 Å². The average molecular weight is 378 g/mol. The highest BCUT2D eigenvalue weighted by Crippen LogP contribution is 2.29. The molecule has 0 saturated carbocycles. The second kappa shape index (κ2) is 6.44. The number of hydrogen-bond donors (Lipinski definition) is 0. The third kappa shape index (κ3) is 3.05. The summed E-state index contributed by atoms with van der Waals surface area (Å²) in [6, 6.07) is 5.39. The van der Waals surface area contributed by atoms with Crippen LogP contribution in [-0.4, -0.2) is 45.0 Å². The Morgan fingerprint density at radius 1 is 1.08 bits per heavy atom. The molecule has 0 aliphatic carbocycles. The Morgan fingerprint density at radius 2 is 1.84 bits per heavy atom. The van der Waals surface area contributed by atoms with Crippen LogP contribution in [-0.2, 0) is 4.74 Å². The largest absolute Gasteiger partial charge is 0.372 e. The van der Waals surface area contributed by atoms with Gasteiger partial charge in [-0.2, -0.15) is 5.10 Å². The maximum Gasteiger partial charge on any atom is 0.168 e. The molecule has 0 spiro atoms. The molecule has 3 heterocycles. The number of rotatable bonds is 2. The van der Waals surface area contributed by atoms with Crippen LogP contribution in [0.2, 0.25) is 10.0 Å². The van der Waals surface area contributed by atoms with Gasteiger partial charge in [-0.25, -0.2) is 14.6 Å². The van der Waals surface area contributed by atoms with Crippen LogP contribution in [0, 0.1) is 0 Å². The topological polar surface area (TPSA) is 56.1 Å². The maximum absolute atomic E-state index is 6.14. The van der Waals surface area contributed by atoms with E-state index in [0.29, 0.717) is 10.0 Å². The van der Waals surface area contributed by atoms with Gasteiger partial charge in [0.1, 0.15) is 12.1 Å². The monoisotopic (exact) mass is 377 g/mol. The van der Waals surface area contributed by atoms with Crippen LogP contribution in [0.1, 0.15) is 13.8 Å². The van der Waals surface area contributed by atoms with E-state index in [-0.39, 0.29) is 12.2 Å². The van der Waals surface area contributed by atoms with Crippen LogP contribution in [0.5, 0.6) is 0 Å². The molecule has 1 aromatic carbocycles. The Bertz CT molecular complexity index is 919. The minimum Gasteiger partial charge on any atom is -0.372 e. The van der Waals surface area contributed by atoms with Gasteiger partial charge in [-0.1, -0.05) is 23.2 Å². The van der Waals surface area contributed by atoms with Crippen LogP contribution in [0.15, 0.2) is 30.7 Å². The predicted molar refractivity (Wildman–Crippen MR) is 98.9 cm³/mol. The minimum atomic E-state index is 0.152. The number of ether oxygens (including phenoxy) is 1. The third-order valence-corrected chi connectivity index (χ3v) is 4.95. The fourth-order valence-corrected chi connectivity index (χ4v) is 3.53. The quantitative estimate of drug-likeness (QED) is 0.680. The van der Waals surface area contributed by atoms with Crippen molar-refractivity contribution in [1.29, 1.82) is 0 Å². The van der Waals surface area contributed by atoms with Crippen LogP contribution in [0.25, 0.3) is 16.7 Å². The Labute approximate surface area is 155 Å². The molecule has 1 fully saturated rings. The summed E-state index contributed by atoms with van der Waals surface area (Å²) in [7, 11) is 0. The number of hydrogen-bond acceptors (Lipinski definition) is 5. The van der Waals surface area contributed by atoms with E-state index in [1.807, 2.05) is 6.07 Å². The number of anilines is 1. The van der Waals surface area contributed by atoms with Crippen molar-refractivity contribution >= 4 is 40.1 Å². The molecule has 0 unspecified atom stereocenters. The van der Waals surface area contributed by atoms with Crippen molar-refractivity contribution in [3.63, 3.8) is 0 Å². The van der Waals surface area contributed by atoms with Gasteiger partial charge in [0.25, 0.3) is 0 Å². The van der Waals surface area contributed by atoms with Crippen molar-refractivity contribution in [3.8, 4) is 5.69 Å². The van der Waals surface area contributed by atoms with Crippen molar-refractivity contribution in [3.05, 3.63) is 40.8 Å². The number of nitrogens with zero attached hydrogens (tertiary/aromatic N) is 5. The summed E-state index contributed by atoms with van der Waals surface area (Å²) in [4.78, 5) is 11.1. The van der Waals surface area contributed by atoms with Gasteiger partial charge >= 0.3 is 0 Å². The number of morpholine rings is 1. The number of aromatic nitrogens is 4. The average Bonchev–Trinajstić information content (AvgIpc) is 3.00.